The summed E-state index contributed by atoms with van der Waals surface area (Å²) in [5.41, 5.74) is 0.735. The molecule has 0 saturated heterocycles. The first-order chi connectivity index (χ1) is 13.0. The minimum atomic E-state index is -0.193. The maximum atomic E-state index is 11.9. The number of nitrogens with zero attached hydrogens (tertiary/aromatic N) is 1. The molecule has 0 heterocycles. The summed E-state index contributed by atoms with van der Waals surface area (Å²) in [6.07, 6.45) is 22.1. The van der Waals surface area contributed by atoms with Gasteiger partial charge in [0.25, 0.3) is 0 Å². The van der Waals surface area contributed by atoms with Crippen molar-refractivity contribution in [2.75, 3.05) is 14.1 Å². The van der Waals surface area contributed by atoms with Crippen molar-refractivity contribution in [1.29, 1.82) is 0 Å². The molecule has 160 valence electrons. The number of ether oxygens (including phenoxy) is 1. The predicted molar refractivity (Wildman–Crippen MR) is 118 cm³/mol. The molecule has 3 heteroatoms. The molecule has 3 nitrogen and oxygen atoms in total. The molecule has 0 saturated carbocycles. The molecule has 0 aliphatic heterocycles. The molecule has 1 atom stereocenters. The molecule has 0 rings (SSSR count). The van der Waals surface area contributed by atoms with Gasteiger partial charge in [-0.3, -0.25) is 4.90 Å². The number of carbonyl (C=O) groups excluding carboxylic acids is 1. The van der Waals surface area contributed by atoms with Crippen molar-refractivity contribution in [2.45, 2.75) is 123 Å². The van der Waals surface area contributed by atoms with E-state index in [4.69, 9.17) is 4.74 Å². The van der Waals surface area contributed by atoms with Crippen molar-refractivity contribution < 1.29 is 9.53 Å². The van der Waals surface area contributed by atoms with Crippen molar-refractivity contribution >= 4 is 5.97 Å². The van der Waals surface area contributed by atoms with Gasteiger partial charge in [-0.2, -0.15) is 0 Å². The fraction of sp³-hybridized carbons (Fsp3) is 0.875. The number of rotatable bonds is 18. The molecule has 0 spiro atoms. The molecule has 0 radical (unpaired) electrons. The first-order valence-corrected chi connectivity index (χ1v) is 11.5. The lowest BCUT2D eigenvalue weighted by molar-refractivity contribution is -0.150. The molecule has 0 bridgehead atoms. The number of allylic oxidation sites excluding steroid dienone is 1. The van der Waals surface area contributed by atoms with Crippen LogP contribution in [-0.2, 0) is 9.53 Å². The zero-order valence-electron chi connectivity index (χ0n) is 19.0. The van der Waals surface area contributed by atoms with Crippen LogP contribution in [0, 0.1) is 0 Å². The number of esters is 1. The van der Waals surface area contributed by atoms with E-state index in [0.717, 1.165) is 12.0 Å². The van der Waals surface area contributed by atoms with Crippen LogP contribution < -0.4 is 0 Å². The second kappa shape index (κ2) is 18.5. The third-order valence-corrected chi connectivity index (χ3v) is 5.33. The SMILES string of the molecule is CCCCCCCCCCCCCCCCC=C(C)C(=O)OC(C)N(C)C. The van der Waals surface area contributed by atoms with Crippen molar-refractivity contribution in [1.82, 2.24) is 4.90 Å². The number of hydrogen-bond donors (Lipinski definition) is 0. The lowest BCUT2D eigenvalue weighted by Crippen LogP contribution is -2.30. The third kappa shape index (κ3) is 17.0. The molecule has 0 aromatic heterocycles. The van der Waals surface area contributed by atoms with E-state index in [0.29, 0.717) is 0 Å². The average molecular weight is 382 g/mol. The van der Waals surface area contributed by atoms with Gasteiger partial charge in [0.1, 0.15) is 0 Å². The maximum absolute atomic E-state index is 11.9. The molecule has 0 N–H and O–H groups in total. The van der Waals surface area contributed by atoms with Gasteiger partial charge < -0.3 is 4.74 Å². The van der Waals surface area contributed by atoms with Crippen LogP contribution in [0.2, 0.25) is 0 Å². The van der Waals surface area contributed by atoms with E-state index in [1.54, 1.807) is 0 Å². The largest absolute Gasteiger partial charge is 0.443 e. The topological polar surface area (TPSA) is 29.5 Å². The standard InChI is InChI=1S/C24H47NO2/c1-6-7-8-9-10-11-12-13-14-15-16-17-18-19-20-21-22(2)24(26)27-23(3)25(4)5/h21,23H,6-20H2,1-5H3. The van der Waals surface area contributed by atoms with E-state index < -0.39 is 0 Å². The van der Waals surface area contributed by atoms with Crippen LogP contribution in [0.5, 0.6) is 0 Å². The van der Waals surface area contributed by atoms with Crippen LogP contribution in [0.15, 0.2) is 11.6 Å². The summed E-state index contributed by atoms with van der Waals surface area (Å²) in [7, 11) is 3.82. The lowest BCUT2D eigenvalue weighted by atomic mass is 10.0. The van der Waals surface area contributed by atoms with Gasteiger partial charge >= 0.3 is 5.97 Å². The quantitative estimate of drug-likeness (QED) is 0.108. The summed E-state index contributed by atoms with van der Waals surface area (Å²) < 4.78 is 5.37. The highest BCUT2D eigenvalue weighted by atomic mass is 16.6. The molecule has 0 aliphatic carbocycles. The van der Waals surface area contributed by atoms with Crippen LogP contribution in [-0.4, -0.2) is 31.2 Å². The predicted octanol–water partition coefficient (Wildman–Crippen LogP) is 7.25. The molecule has 0 amide bonds. The van der Waals surface area contributed by atoms with Crippen molar-refractivity contribution in [3.05, 3.63) is 11.6 Å². The fourth-order valence-corrected chi connectivity index (χ4v) is 3.09. The molecule has 0 aromatic carbocycles. The Morgan fingerprint density at radius 1 is 0.815 bits per heavy atom. The van der Waals surface area contributed by atoms with Gasteiger partial charge in [0, 0.05) is 5.57 Å². The van der Waals surface area contributed by atoms with E-state index in [1.165, 1.54) is 89.9 Å². The average Bonchev–Trinajstić information content (AvgIpc) is 2.64. The Hall–Kier alpha value is -0.830. The maximum Gasteiger partial charge on any atom is 0.334 e. The van der Waals surface area contributed by atoms with E-state index in [9.17, 15) is 4.79 Å². The van der Waals surface area contributed by atoms with Gasteiger partial charge in [-0.25, -0.2) is 4.79 Å². The lowest BCUT2D eigenvalue weighted by Gasteiger charge is -2.19. The summed E-state index contributed by atoms with van der Waals surface area (Å²) in [4.78, 5) is 13.8. The second-order valence-corrected chi connectivity index (χ2v) is 8.24. The summed E-state index contributed by atoms with van der Waals surface area (Å²) in [6, 6.07) is 0. The first-order valence-electron chi connectivity index (χ1n) is 11.5. The molecular weight excluding hydrogens is 334 g/mol. The van der Waals surface area contributed by atoms with Crippen molar-refractivity contribution in [3.8, 4) is 0 Å². The normalized spacial score (nSPS) is 13.2. The van der Waals surface area contributed by atoms with Crippen LogP contribution in [0.4, 0.5) is 0 Å². The zero-order chi connectivity index (χ0) is 20.3. The first kappa shape index (κ1) is 26.2. The van der Waals surface area contributed by atoms with Crippen LogP contribution in [0.1, 0.15) is 117 Å². The van der Waals surface area contributed by atoms with E-state index in [2.05, 4.69) is 6.92 Å². The third-order valence-electron chi connectivity index (χ3n) is 5.33. The highest BCUT2D eigenvalue weighted by molar-refractivity contribution is 5.87. The van der Waals surface area contributed by atoms with Crippen LogP contribution >= 0.6 is 0 Å². The van der Waals surface area contributed by atoms with Gasteiger partial charge in [-0.15, -0.1) is 0 Å². The van der Waals surface area contributed by atoms with Gasteiger partial charge in [-0.1, -0.05) is 96.5 Å². The van der Waals surface area contributed by atoms with E-state index in [1.807, 2.05) is 38.9 Å². The fourth-order valence-electron chi connectivity index (χ4n) is 3.09. The van der Waals surface area contributed by atoms with Crippen LogP contribution in [0.3, 0.4) is 0 Å². The van der Waals surface area contributed by atoms with Crippen LogP contribution in [0.25, 0.3) is 0 Å². The Balaban J connectivity index is 3.42. The van der Waals surface area contributed by atoms with Crippen molar-refractivity contribution in [3.63, 3.8) is 0 Å². The molecule has 27 heavy (non-hydrogen) atoms. The minimum absolute atomic E-state index is 0.179. The summed E-state index contributed by atoms with van der Waals surface area (Å²) >= 11 is 0. The number of carbonyl (C=O) groups is 1. The van der Waals surface area contributed by atoms with Crippen molar-refractivity contribution in [2.24, 2.45) is 0 Å². The van der Waals surface area contributed by atoms with E-state index in [-0.39, 0.29) is 12.2 Å². The summed E-state index contributed by atoms with van der Waals surface area (Å²) in [5.74, 6) is -0.193. The van der Waals surface area contributed by atoms with Gasteiger partial charge in [0.15, 0.2) is 6.23 Å². The molecular formula is C24H47NO2. The Labute approximate surface area is 169 Å². The van der Waals surface area contributed by atoms with Gasteiger partial charge in [0.05, 0.1) is 0 Å². The Kier molecular flexibility index (Phi) is 18.0. The monoisotopic (exact) mass is 381 g/mol. The minimum Gasteiger partial charge on any atom is -0.443 e. The Morgan fingerprint density at radius 2 is 1.22 bits per heavy atom. The molecule has 0 aliphatic rings. The second-order valence-electron chi connectivity index (χ2n) is 8.24. The smallest absolute Gasteiger partial charge is 0.334 e. The van der Waals surface area contributed by atoms with Gasteiger partial charge in [-0.05, 0) is 40.8 Å². The van der Waals surface area contributed by atoms with Gasteiger partial charge in [0.2, 0.25) is 0 Å². The van der Waals surface area contributed by atoms with E-state index >= 15 is 0 Å². The zero-order valence-corrected chi connectivity index (χ0v) is 19.0. The highest BCUT2D eigenvalue weighted by Crippen LogP contribution is 2.14. The number of unbranched alkanes of at least 4 members (excludes halogenated alkanes) is 14. The number of hydrogen-bond acceptors (Lipinski definition) is 3. The summed E-state index contributed by atoms with van der Waals surface area (Å²) in [5, 5.41) is 0. The molecule has 0 fully saturated rings. The highest BCUT2D eigenvalue weighted by Gasteiger charge is 2.12. The molecule has 0 aromatic rings. The summed E-state index contributed by atoms with van der Waals surface area (Å²) in [6.45, 7) is 6.02. The Bertz CT molecular complexity index is 377. The molecule has 1 unspecified atom stereocenters. The Morgan fingerprint density at radius 3 is 1.63 bits per heavy atom.